The van der Waals surface area contributed by atoms with Gasteiger partial charge in [0.15, 0.2) is 6.61 Å². The molecule has 31 heavy (non-hydrogen) atoms. The van der Waals surface area contributed by atoms with E-state index in [1.807, 2.05) is 18.2 Å². The standard InChI is InChI=1S/C24H22BrFN2O3/c1-15(2)21-13-17(25)6-11-22(21)31-14-23(29)27-20-5-3-4-16(12-20)24(30)28-19-9-7-18(26)8-10-19/h3-13,15H,14H2,1-2H3,(H,27,29)(H,28,30). The minimum atomic E-state index is -0.381. The van der Waals surface area contributed by atoms with Gasteiger partial charge in [-0.05, 0) is 72.1 Å². The Balaban J connectivity index is 1.61. The summed E-state index contributed by atoms with van der Waals surface area (Å²) in [5.41, 5.74) is 2.31. The number of amides is 2. The van der Waals surface area contributed by atoms with Crippen LogP contribution in [0.4, 0.5) is 15.8 Å². The van der Waals surface area contributed by atoms with E-state index in [0.717, 1.165) is 10.0 Å². The van der Waals surface area contributed by atoms with Gasteiger partial charge in [-0.3, -0.25) is 9.59 Å². The average Bonchev–Trinajstić information content (AvgIpc) is 2.74. The zero-order chi connectivity index (χ0) is 22.4. The van der Waals surface area contributed by atoms with Crippen molar-refractivity contribution in [3.8, 4) is 5.75 Å². The third-order valence-corrected chi connectivity index (χ3v) is 4.96. The summed E-state index contributed by atoms with van der Waals surface area (Å²) >= 11 is 3.45. The molecule has 0 heterocycles. The Bertz CT molecular complexity index is 1080. The van der Waals surface area contributed by atoms with Gasteiger partial charge in [0.1, 0.15) is 11.6 Å². The molecule has 0 unspecified atom stereocenters. The number of carbonyl (C=O) groups excluding carboxylic acids is 2. The van der Waals surface area contributed by atoms with Gasteiger partial charge in [-0.2, -0.15) is 0 Å². The summed E-state index contributed by atoms with van der Waals surface area (Å²) in [5.74, 6) is -0.190. The quantitative estimate of drug-likeness (QED) is 0.433. The fourth-order valence-corrected chi connectivity index (χ4v) is 3.30. The number of carbonyl (C=O) groups is 2. The topological polar surface area (TPSA) is 67.4 Å². The minimum Gasteiger partial charge on any atom is -0.483 e. The fraction of sp³-hybridized carbons (Fsp3) is 0.167. The summed E-state index contributed by atoms with van der Waals surface area (Å²) in [7, 11) is 0. The molecule has 3 aromatic rings. The van der Waals surface area contributed by atoms with Gasteiger partial charge in [0.25, 0.3) is 11.8 Å². The van der Waals surface area contributed by atoms with Crippen LogP contribution in [-0.2, 0) is 4.79 Å². The van der Waals surface area contributed by atoms with Crippen molar-refractivity contribution in [3.63, 3.8) is 0 Å². The molecule has 0 radical (unpaired) electrons. The van der Waals surface area contributed by atoms with Crippen LogP contribution in [-0.4, -0.2) is 18.4 Å². The van der Waals surface area contributed by atoms with Crippen LogP contribution >= 0.6 is 15.9 Å². The highest BCUT2D eigenvalue weighted by Crippen LogP contribution is 2.29. The van der Waals surface area contributed by atoms with Crippen LogP contribution in [0.25, 0.3) is 0 Å². The van der Waals surface area contributed by atoms with Crippen molar-refractivity contribution in [2.24, 2.45) is 0 Å². The fourth-order valence-electron chi connectivity index (χ4n) is 2.92. The van der Waals surface area contributed by atoms with Crippen LogP contribution in [0, 0.1) is 5.82 Å². The van der Waals surface area contributed by atoms with Gasteiger partial charge in [0.2, 0.25) is 0 Å². The Morgan fingerprint density at radius 3 is 2.42 bits per heavy atom. The van der Waals surface area contributed by atoms with Gasteiger partial charge in [0.05, 0.1) is 0 Å². The van der Waals surface area contributed by atoms with Crippen LogP contribution in [0.3, 0.4) is 0 Å². The second-order valence-corrected chi connectivity index (χ2v) is 8.13. The molecule has 160 valence electrons. The van der Waals surface area contributed by atoms with Crippen LogP contribution in [0.2, 0.25) is 0 Å². The molecule has 0 saturated heterocycles. The largest absolute Gasteiger partial charge is 0.483 e. The lowest BCUT2D eigenvalue weighted by molar-refractivity contribution is -0.118. The van der Waals surface area contributed by atoms with Crippen molar-refractivity contribution in [2.45, 2.75) is 19.8 Å². The van der Waals surface area contributed by atoms with Crippen LogP contribution in [0.15, 0.2) is 71.2 Å². The molecule has 0 spiro atoms. The highest BCUT2D eigenvalue weighted by molar-refractivity contribution is 9.10. The second-order valence-electron chi connectivity index (χ2n) is 7.22. The number of anilines is 2. The molecule has 0 saturated carbocycles. The van der Waals surface area contributed by atoms with Gasteiger partial charge in [-0.25, -0.2) is 4.39 Å². The molecule has 2 N–H and O–H groups in total. The van der Waals surface area contributed by atoms with Gasteiger partial charge in [0, 0.05) is 21.4 Å². The Labute approximate surface area is 188 Å². The predicted octanol–water partition coefficient (Wildman–Crippen LogP) is 5.98. The van der Waals surface area contributed by atoms with E-state index in [1.54, 1.807) is 24.3 Å². The molecule has 0 bridgehead atoms. The number of ether oxygens (including phenoxy) is 1. The maximum absolute atomic E-state index is 13.0. The maximum Gasteiger partial charge on any atom is 0.262 e. The van der Waals surface area contributed by atoms with E-state index in [4.69, 9.17) is 4.74 Å². The molecular weight excluding hydrogens is 463 g/mol. The van der Waals surface area contributed by atoms with E-state index >= 15 is 0 Å². The number of nitrogens with one attached hydrogen (secondary N) is 2. The van der Waals surface area contributed by atoms with Crippen LogP contribution in [0.1, 0.15) is 35.7 Å². The van der Waals surface area contributed by atoms with E-state index in [0.29, 0.717) is 22.7 Å². The smallest absolute Gasteiger partial charge is 0.262 e. The molecule has 0 aromatic heterocycles. The van der Waals surface area contributed by atoms with Gasteiger partial charge in [-0.1, -0.05) is 35.8 Å². The number of benzene rings is 3. The zero-order valence-electron chi connectivity index (χ0n) is 17.1. The van der Waals surface area contributed by atoms with Crippen LogP contribution < -0.4 is 15.4 Å². The SMILES string of the molecule is CC(C)c1cc(Br)ccc1OCC(=O)Nc1cccc(C(=O)Nc2ccc(F)cc2)c1. The average molecular weight is 485 g/mol. The van der Waals surface area contributed by atoms with E-state index in [9.17, 15) is 14.0 Å². The summed E-state index contributed by atoms with van der Waals surface area (Å²) in [5, 5.41) is 5.42. The first-order chi connectivity index (χ1) is 14.8. The number of rotatable bonds is 7. The van der Waals surface area contributed by atoms with Crippen molar-refractivity contribution < 1.29 is 18.7 Å². The van der Waals surface area contributed by atoms with E-state index < -0.39 is 0 Å². The Kier molecular flexibility index (Phi) is 7.41. The molecular formula is C24H22BrFN2O3. The van der Waals surface area contributed by atoms with Gasteiger partial charge in [-0.15, -0.1) is 0 Å². The van der Waals surface area contributed by atoms with E-state index in [1.165, 1.54) is 24.3 Å². The lowest BCUT2D eigenvalue weighted by Crippen LogP contribution is -2.21. The minimum absolute atomic E-state index is 0.159. The first-order valence-electron chi connectivity index (χ1n) is 9.71. The summed E-state index contributed by atoms with van der Waals surface area (Å²) in [4.78, 5) is 24.8. The Morgan fingerprint density at radius 2 is 1.71 bits per heavy atom. The molecule has 0 aliphatic rings. The number of hydrogen-bond donors (Lipinski definition) is 2. The van der Waals surface area contributed by atoms with Crippen molar-refractivity contribution in [1.29, 1.82) is 0 Å². The van der Waals surface area contributed by atoms with Crippen LogP contribution in [0.5, 0.6) is 5.75 Å². The molecule has 7 heteroatoms. The predicted molar refractivity (Wildman–Crippen MR) is 123 cm³/mol. The summed E-state index contributed by atoms with van der Waals surface area (Å²) < 4.78 is 19.7. The van der Waals surface area contributed by atoms with Crippen molar-refractivity contribution in [1.82, 2.24) is 0 Å². The first-order valence-corrected chi connectivity index (χ1v) is 10.5. The molecule has 5 nitrogen and oxygen atoms in total. The second kappa shape index (κ2) is 10.2. The maximum atomic E-state index is 13.0. The molecule has 2 amide bonds. The highest BCUT2D eigenvalue weighted by Gasteiger charge is 2.12. The molecule has 0 aliphatic heterocycles. The number of halogens is 2. The molecule has 3 aromatic carbocycles. The third-order valence-electron chi connectivity index (χ3n) is 4.46. The van der Waals surface area contributed by atoms with E-state index in [-0.39, 0.29) is 30.2 Å². The molecule has 0 aliphatic carbocycles. The third kappa shape index (κ3) is 6.39. The first kappa shape index (κ1) is 22.5. The lowest BCUT2D eigenvalue weighted by Gasteiger charge is -2.14. The number of hydrogen-bond acceptors (Lipinski definition) is 3. The van der Waals surface area contributed by atoms with Crippen molar-refractivity contribution >= 4 is 39.1 Å². The van der Waals surface area contributed by atoms with Crippen molar-refractivity contribution in [3.05, 3.63) is 88.1 Å². The summed E-state index contributed by atoms with van der Waals surface area (Å²) in [6.07, 6.45) is 0. The Hall–Kier alpha value is -3.19. The zero-order valence-corrected chi connectivity index (χ0v) is 18.7. The molecule has 0 fully saturated rings. The highest BCUT2D eigenvalue weighted by atomic mass is 79.9. The van der Waals surface area contributed by atoms with Crippen molar-refractivity contribution in [2.75, 3.05) is 17.2 Å². The summed E-state index contributed by atoms with van der Waals surface area (Å²) in [6, 6.07) is 17.7. The normalized spacial score (nSPS) is 10.6. The monoisotopic (exact) mass is 484 g/mol. The van der Waals surface area contributed by atoms with E-state index in [2.05, 4.69) is 40.4 Å². The van der Waals surface area contributed by atoms with Gasteiger partial charge < -0.3 is 15.4 Å². The lowest BCUT2D eigenvalue weighted by atomic mass is 10.0. The Morgan fingerprint density at radius 1 is 0.968 bits per heavy atom. The van der Waals surface area contributed by atoms with Gasteiger partial charge >= 0.3 is 0 Å². The molecule has 0 atom stereocenters. The summed E-state index contributed by atoms with van der Waals surface area (Å²) in [6.45, 7) is 3.95. The molecule has 3 rings (SSSR count).